The number of likely N-dealkylation sites (tertiary alicyclic amines) is 1. The second kappa shape index (κ2) is 5.82. The summed E-state index contributed by atoms with van der Waals surface area (Å²) in [5, 5.41) is 0. The molecule has 0 amide bonds. The summed E-state index contributed by atoms with van der Waals surface area (Å²) in [4.78, 5) is 2.39. The van der Waals surface area contributed by atoms with Crippen LogP contribution in [0.15, 0.2) is 35.5 Å². The van der Waals surface area contributed by atoms with Crippen LogP contribution in [-0.2, 0) is 0 Å². The van der Waals surface area contributed by atoms with Crippen LogP contribution in [-0.4, -0.2) is 25.0 Å². The van der Waals surface area contributed by atoms with Gasteiger partial charge in [-0.25, -0.2) is 0 Å². The van der Waals surface area contributed by atoms with Gasteiger partial charge in [0.2, 0.25) is 0 Å². The molecule has 78 valence electrons. The van der Waals surface area contributed by atoms with Gasteiger partial charge < -0.3 is 4.90 Å². The molecule has 0 bridgehead atoms. The summed E-state index contributed by atoms with van der Waals surface area (Å²) in [6.07, 6.45) is 11.1. The molecule has 1 saturated heterocycles. The lowest BCUT2D eigenvalue weighted by Gasteiger charge is -2.24. The van der Waals surface area contributed by atoms with E-state index in [2.05, 4.69) is 43.2 Å². The molecule has 0 aromatic carbocycles. The second-order valence-electron chi connectivity index (χ2n) is 4.04. The van der Waals surface area contributed by atoms with Crippen molar-refractivity contribution in [3.05, 3.63) is 35.5 Å². The summed E-state index contributed by atoms with van der Waals surface area (Å²) in [6, 6.07) is 0. The van der Waals surface area contributed by atoms with Gasteiger partial charge in [-0.3, -0.25) is 0 Å². The molecule has 0 unspecified atom stereocenters. The lowest BCUT2D eigenvalue weighted by atomic mass is 10.0. The third kappa shape index (κ3) is 3.93. The van der Waals surface area contributed by atoms with Crippen LogP contribution < -0.4 is 0 Å². The van der Waals surface area contributed by atoms with Crippen LogP contribution in [0.5, 0.6) is 0 Å². The fraction of sp³-hybridized carbons (Fsp3) is 0.538. The van der Waals surface area contributed by atoms with Crippen LogP contribution >= 0.6 is 0 Å². The third-order valence-corrected chi connectivity index (χ3v) is 2.61. The minimum absolute atomic E-state index is 1.21. The molecule has 0 atom stereocenters. The lowest BCUT2D eigenvalue weighted by Crippen LogP contribution is -2.26. The van der Waals surface area contributed by atoms with E-state index in [1.807, 2.05) is 6.92 Å². The highest BCUT2D eigenvalue weighted by Gasteiger charge is 2.08. The zero-order valence-electron chi connectivity index (χ0n) is 9.59. The van der Waals surface area contributed by atoms with Crippen molar-refractivity contribution in [3.63, 3.8) is 0 Å². The number of nitrogens with zero attached hydrogens (tertiary/aromatic N) is 1. The highest BCUT2D eigenvalue weighted by atomic mass is 15.1. The van der Waals surface area contributed by atoms with E-state index in [-0.39, 0.29) is 0 Å². The molecule has 0 saturated carbocycles. The van der Waals surface area contributed by atoms with Gasteiger partial charge in [0.1, 0.15) is 0 Å². The second-order valence-corrected chi connectivity index (χ2v) is 4.04. The van der Waals surface area contributed by atoms with Crippen LogP contribution in [0.25, 0.3) is 0 Å². The smallest absolute Gasteiger partial charge is 0.00158 e. The molecule has 0 aromatic heterocycles. The molecule has 14 heavy (non-hydrogen) atoms. The number of rotatable bonds is 2. The maximum absolute atomic E-state index is 2.39. The summed E-state index contributed by atoms with van der Waals surface area (Å²) in [6.45, 7) is 6.64. The van der Waals surface area contributed by atoms with Crippen molar-refractivity contribution >= 4 is 0 Å². The molecule has 0 aliphatic carbocycles. The standard InChI is InChI=1S/C13H21N/c1-4-5-6-12(2)11-13-7-9-14(3)10-8-13/h4-6,11H,7-10H2,1-3H3/b5-4-,12-6+. The zero-order valence-corrected chi connectivity index (χ0v) is 9.59. The van der Waals surface area contributed by atoms with E-state index >= 15 is 0 Å². The third-order valence-electron chi connectivity index (χ3n) is 2.61. The van der Waals surface area contributed by atoms with Crippen LogP contribution in [0.4, 0.5) is 0 Å². The zero-order chi connectivity index (χ0) is 10.4. The minimum atomic E-state index is 1.21. The Morgan fingerprint density at radius 3 is 2.50 bits per heavy atom. The highest BCUT2D eigenvalue weighted by Crippen LogP contribution is 2.16. The van der Waals surface area contributed by atoms with Crippen LogP contribution in [0.2, 0.25) is 0 Å². The topological polar surface area (TPSA) is 3.24 Å². The molecule has 0 N–H and O–H groups in total. The molecule has 1 rings (SSSR count). The van der Waals surface area contributed by atoms with E-state index in [9.17, 15) is 0 Å². The maximum atomic E-state index is 2.39. The first-order chi connectivity index (χ1) is 6.72. The Hall–Kier alpha value is -0.820. The molecule has 1 heteroatoms. The van der Waals surface area contributed by atoms with E-state index in [0.29, 0.717) is 0 Å². The average Bonchev–Trinajstić information content (AvgIpc) is 2.18. The summed E-state index contributed by atoms with van der Waals surface area (Å²) in [5.74, 6) is 0. The van der Waals surface area contributed by atoms with Gasteiger partial charge >= 0.3 is 0 Å². The van der Waals surface area contributed by atoms with Crippen molar-refractivity contribution in [1.29, 1.82) is 0 Å². The van der Waals surface area contributed by atoms with Gasteiger partial charge in [-0.1, -0.05) is 35.5 Å². The largest absolute Gasteiger partial charge is 0.306 e. The normalized spacial score (nSPS) is 20.5. The summed E-state index contributed by atoms with van der Waals surface area (Å²) in [5.41, 5.74) is 2.96. The van der Waals surface area contributed by atoms with Crippen LogP contribution in [0.3, 0.4) is 0 Å². The van der Waals surface area contributed by atoms with Crippen molar-refractivity contribution < 1.29 is 0 Å². The first-order valence-corrected chi connectivity index (χ1v) is 5.40. The molecule has 0 radical (unpaired) electrons. The number of hydrogen-bond acceptors (Lipinski definition) is 1. The highest BCUT2D eigenvalue weighted by molar-refractivity contribution is 5.26. The molecule has 0 spiro atoms. The van der Waals surface area contributed by atoms with Gasteiger partial charge in [-0.05, 0) is 33.7 Å². The fourth-order valence-corrected chi connectivity index (χ4v) is 1.67. The van der Waals surface area contributed by atoms with E-state index in [4.69, 9.17) is 0 Å². The Labute approximate surface area is 87.8 Å². The Morgan fingerprint density at radius 2 is 1.93 bits per heavy atom. The molecule has 1 aliphatic rings. The number of hydrogen-bond donors (Lipinski definition) is 0. The quantitative estimate of drug-likeness (QED) is 0.606. The first kappa shape index (κ1) is 11.3. The van der Waals surface area contributed by atoms with Gasteiger partial charge in [0.25, 0.3) is 0 Å². The predicted molar refractivity (Wildman–Crippen MR) is 63.4 cm³/mol. The van der Waals surface area contributed by atoms with Gasteiger partial charge in [-0.15, -0.1) is 0 Å². The van der Waals surface area contributed by atoms with Gasteiger partial charge in [0, 0.05) is 13.1 Å². The van der Waals surface area contributed by atoms with Gasteiger partial charge in [-0.2, -0.15) is 0 Å². The van der Waals surface area contributed by atoms with Gasteiger partial charge in [0.05, 0.1) is 0 Å². The van der Waals surface area contributed by atoms with Crippen molar-refractivity contribution in [2.45, 2.75) is 26.7 Å². The molecular weight excluding hydrogens is 170 g/mol. The first-order valence-electron chi connectivity index (χ1n) is 5.40. The average molecular weight is 191 g/mol. The maximum Gasteiger partial charge on any atom is 0.00158 e. The molecule has 0 aromatic rings. The van der Waals surface area contributed by atoms with Crippen LogP contribution in [0, 0.1) is 0 Å². The van der Waals surface area contributed by atoms with Gasteiger partial charge in [0.15, 0.2) is 0 Å². The molecule has 1 aliphatic heterocycles. The number of allylic oxidation sites excluding steroid dienone is 5. The molecule has 1 fully saturated rings. The van der Waals surface area contributed by atoms with E-state index in [1.165, 1.54) is 31.5 Å². The minimum Gasteiger partial charge on any atom is -0.306 e. The summed E-state index contributed by atoms with van der Waals surface area (Å²) < 4.78 is 0. The van der Waals surface area contributed by atoms with E-state index in [1.54, 1.807) is 5.57 Å². The van der Waals surface area contributed by atoms with Crippen molar-refractivity contribution in [3.8, 4) is 0 Å². The lowest BCUT2D eigenvalue weighted by molar-refractivity contribution is 0.312. The van der Waals surface area contributed by atoms with Crippen molar-refractivity contribution in [2.24, 2.45) is 0 Å². The van der Waals surface area contributed by atoms with Crippen molar-refractivity contribution in [1.82, 2.24) is 4.90 Å². The Balaban J connectivity index is 2.51. The SMILES string of the molecule is C/C=C\C=C(/C)C=C1CCN(C)CC1. The summed E-state index contributed by atoms with van der Waals surface area (Å²) in [7, 11) is 2.19. The Morgan fingerprint density at radius 1 is 1.29 bits per heavy atom. The van der Waals surface area contributed by atoms with E-state index < -0.39 is 0 Å². The predicted octanol–water partition coefficient (Wildman–Crippen LogP) is 3.16. The Bertz CT molecular complexity index is 248. The molecular formula is C13H21N. The van der Waals surface area contributed by atoms with Crippen LogP contribution in [0.1, 0.15) is 26.7 Å². The summed E-state index contributed by atoms with van der Waals surface area (Å²) >= 11 is 0. The monoisotopic (exact) mass is 191 g/mol. The fourth-order valence-electron chi connectivity index (χ4n) is 1.67. The van der Waals surface area contributed by atoms with Crippen molar-refractivity contribution in [2.75, 3.05) is 20.1 Å². The Kier molecular flexibility index (Phi) is 4.68. The van der Waals surface area contributed by atoms with E-state index in [0.717, 1.165) is 0 Å². The molecule has 1 heterocycles. The molecule has 1 nitrogen and oxygen atoms in total. The number of piperidine rings is 1.